The van der Waals surface area contributed by atoms with Gasteiger partial charge in [0.2, 0.25) is 0 Å². The first kappa shape index (κ1) is 19.6. The summed E-state index contributed by atoms with van der Waals surface area (Å²) < 4.78 is 0. The molecule has 1 aromatic heterocycles. The van der Waals surface area contributed by atoms with Gasteiger partial charge < -0.3 is 14.9 Å². The Labute approximate surface area is 172 Å². The van der Waals surface area contributed by atoms with E-state index in [1.165, 1.54) is 0 Å². The maximum absolute atomic E-state index is 9.40. The molecule has 152 valence electrons. The van der Waals surface area contributed by atoms with Crippen molar-refractivity contribution in [2.24, 2.45) is 10.9 Å². The molecule has 6 nitrogen and oxygen atoms in total. The lowest BCUT2D eigenvalue weighted by Crippen LogP contribution is -2.45. The molecular weight excluding hydrogens is 362 g/mol. The molecule has 2 fully saturated rings. The van der Waals surface area contributed by atoms with E-state index in [1.807, 2.05) is 31.2 Å². The van der Waals surface area contributed by atoms with Crippen LogP contribution in [-0.4, -0.2) is 58.5 Å². The highest BCUT2D eigenvalue weighted by atomic mass is 16.3. The SMILES string of the molecule is C=C1C=CC=C/C1=N/C(=C\C)N1CC(c2nccnc2N2CCC(CO)CC2)C1. The van der Waals surface area contributed by atoms with E-state index in [4.69, 9.17) is 9.98 Å². The largest absolute Gasteiger partial charge is 0.396 e. The van der Waals surface area contributed by atoms with E-state index in [0.717, 1.165) is 67.6 Å². The molecule has 0 atom stereocenters. The second-order valence-electron chi connectivity index (χ2n) is 7.87. The summed E-state index contributed by atoms with van der Waals surface area (Å²) in [5.74, 6) is 2.76. The molecule has 2 aliphatic heterocycles. The van der Waals surface area contributed by atoms with Crippen LogP contribution in [0.2, 0.25) is 0 Å². The number of aliphatic imine (C=N–C) groups is 1. The van der Waals surface area contributed by atoms with Crippen molar-refractivity contribution >= 4 is 11.5 Å². The maximum Gasteiger partial charge on any atom is 0.150 e. The average Bonchev–Trinajstić information content (AvgIpc) is 2.74. The first-order valence-corrected chi connectivity index (χ1v) is 10.4. The second-order valence-corrected chi connectivity index (χ2v) is 7.87. The molecule has 3 aliphatic rings. The summed E-state index contributed by atoms with van der Waals surface area (Å²) in [5, 5.41) is 9.40. The molecule has 4 rings (SSSR count). The number of aromatic nitrogens is 2. The zero-order valence-corrected chi connectivity index (χ0v) is 17.0. The van der Waals surface area contributed by atoms with E-state index >= 15 is 0 Å². The van der Waals surface area contributed by atoms with Crippen LogP contribution >= 0.6 is 0 Å². The predicted molar refractivity (Wildman–Crippen MR) is 117 cm³/mol. The smallest absolute Gasteiger partial charge is 0.150 e. The molecule has 29 heavy (non-hydrogen) atoms. The molecule has 3 heterocycles. The fourth-order valence-corrected chi connectivity index (χ4v) is 4.10. The number of rotatable bonds is 5. The molecular formula is C23H29N5O. The Morgan fingerprint density at radius 2 is 1.93 bits per heavy atom. The molecule has 0 bridgehead atoms. The zero-order valence-electron chi connectivity index (χ0n) is 17.0. The lowest BCUT2D eigenvalue weighted by atomic mass is 9.93. The Morgan fingerprint density at radius 1 is 1.21 bits per heavy atom. The summed E-state index contributed by atoms with van der Waals surface area (Å²) in [7, 11) is 0. The van der Waals surface area contributed by atoms with Gasteiger partial charge in [-0.15, -0.1) is 0 Å². The van der Waals surface area contributed by atoms with Gasteiger partial charge in [-0.3, -0.25) is 4.98 Å². The second kappa shape index (κ2) is 8.74. The third-order valence-electron chi connectivity index (χ3n) is 5.96. The van der Waals surface area contributed by atoms with Crippen molar-refractivity contribution < 1.29 is 5.11 Å². The number of allylic oxidation sites excluding steroid dienone is 6. The van der Waals surface area contributed by atoms with Crippen LogP contribution in [-0.2, 0) is 0 Å². The molecule has 0 saturated carbocycles. The summed E-state index contributed by atoms with van der Waals surface area (Å²) in [6, 6.07) is 0. The van der Waals surface area contributed by atoms with Gasteiger partial charge in [0.05, 0.1) is 11.4 Å². The predicted octanol–water partition coefficient (Wildman–Crippen LogP) is 3.07. The number of aliphatic hydroxyl groups is 1. The Bertz CT molecular complexity index is 871. The third kappa shape index (κ3) is 4.17. The molecule has 2 saturated heterocycles. The standard InChI is InChI=1S/C23H29N5O/c1-3-21(26-20-7-5-4-6-17(20)2)28-14-19(15-28)22-23(25-11-10-24-22)27-12-8-18(16-29)9-13-27/h3-7,10-11,18-19,29H,2,8-9,12-16H2,1H3/b21-3+,26-20-. The lowest BCUT2D eigenvalue weighted by molar-refractivity contribution is 0.192. The quantitative estimate of drug-likeness (QED) is 0.836. The zero-order chi connectivity index (χ0) is 20.2. The normalized spacial score (nSPS) is 22.5. The van der Waals surface area contributed by atoms with Crippen molar-refractivity contribution in [2.45, 2.75) is 25.7 Å². The molecule has 0 amide bonds. The van der Waals surface area contributed by atoms with Crippen molar-refractivity contribution in [3.8, 4) is 0 Å². The van der Waals surface area contributed by atoms with Crippen LogP contribution in [0.15, 0.2) is 65.7 Å². The monoisotopic (exact) mass is 391 g/mol. The fourth-order valence-electron chi connectivity index (χ4n) is 4.10. The summed E-state index contributed by atoms with van der Waals surface area (Å²) in [5.41, 5.74) is 2.93. The highest BCUT2D eigenvalue weighted by Crippen LogP contribution is 2.35. The minimum atomic E-state index is 0.283. The number of hydrogen-bond donors (Lipinski definition) is 1. The minimum absolute atomic E-state index is 0.283. The molecule has 1 aromatic rings. The Balaban J connectivity index is 1.44. The highest BCUT2D eigenvalue weighted by molar-refractivity contribution is 6.11. The van der Waals surface area contributed by atoms with Gasteiger partial charge in [-0.2, -0.15) is 0 Å². The molecule has 0 unspecified atom stereocenters. The Hall–Kier alpha value is -2.73. The topological polar surface area (TPSA) is 64.9 Å². The van der Waals surface area contributed by atoms with E-state index in [9.17, 15) is 5.11 Å². The number of aliphatic hydroxyl groups excluding tert-OH is 1. The Morgan fingerprint density at radius 3 is 2.62 bits per heavy atom. The first-order valence-electron chi connectivity index (χ1n) is 10.4. The number of likely N-dealkylation sites (tertiary alicyclic amines) is 1. The summed E-state index contributed by atoms with van der Waals surface area (Å²) in [6.07, 6.45) is 15.6. The van der Waals surface area contributed by atoms with Crippen molar-refractivity contribution in [3.05, 3.63) is 66.4 Å². The van der Waals surface area contributed by atoms with E-state index < -0.39 is 0 Å². The van der Waals surface area contributed by atoms with E-state index in [1.54, 1.807) is 12.4 Å². The van der Waals surface area contributed by atoms with Crippen molar-refractivity contribution in [1.82, 2.24) is 14.9 Å². The van der Waals surface area contributed by atoms with Crippen LogP contribution in [0, 0.1) is 5.92 Å². The molecule has 0 aromatic carbocycles. The first-order chi connectivity index (χ1) is 14.2. The van der Waals surface area contributed by atoms with E-state index in [2.05, 4.69) is 27.4 Å². The van der Waals surface area contributed by atoms with Gasteiger partial charge in [-0.05, 0) is 43.4 Å². The van der Waals surface area contributed by atoms with Gasteiger partial charge in [0, 0.05) is 51.1 Å². The molecule has 1 aliphatic carbocycles. The van der Waals surface area contributed by atoms with Crippen LogP contribution in [0.3, 0.4) is 0 Å². The summed E-state index contributed by atoms with van der Waals surface area (Å²) >= 11 is 0. The average molecular weight is 392 g/mol. The maximum atomic E-state index is 9.40. The van der Waals surface area contributed by atoms with Crippen LogP contribution < -0.4 is 4.90 Å². The van der Waals surface area contributed by atoms with Gasteiger partial charge in [-0.25, -0.2) is 9.98 Å². The highest BCUT2D eigenvalue weighted by Gasteiger charge is 2.34. The lowest BCUT2D eigenvalue weighted by Gasteiger charge is -2.42. The molecule has 0 spiro atoms. The summed E-state index contributed by atoms with van der Waals surface area (Å²) in [6.45, 7) is 10.0. The van der Waals surface area contributed by atoms with Crippen molar-refractivity contribution in [1.29, 1.82) is 0 Å². The van der Waals surface area contributed by atoms with Crippen LogP contribution in [0.4, 0.5) is 5.82 Å². The number of piperidine rings is 1. The number of hydrogen-bond acceptors (Lipinski definition) is 6. The molecule has 6 heteroatoms. The van der Waals surface area contributed by atoms with Gasteiger partial charge >= 0.3 is 0 Å². The van der Waals surface area contributed by atoms with Crippen molar-refractivity contribution in [3.63, 3.8) is 0 Å². The van der Waals surface area contributed by atoms with E-state index in [-0.39, 0.29) is 6.61 Å². The van der Waals surface area contributed by atoms with Crippen LogP contribution in [0.1, 0.15) is 31.4 Å². The number of nitrogens with zero attached hydrogens (tertiary/aromatic N) is 5. The molecule has 0 radical (unpaired) electrons. The number of anilines is 1. The Kier molecular flexibility index (Phi) is 5.90. The molecule has 1 N–H and O–H groups in total. The van der Waals surface area contributed by atoms with E-state index in [0.29, 0.717) is 11.8 Å². The van der Waals surface area contributed by atoms with Crippen LogP contribution in [0.25, 0.3) is 0 Å². The van der Waals surface area contributed by atoms with Crippen LogP contribution in [0.5, 0.6) is 0 Å². The minimum Gasteiger partial charge on any atom is -0.396 e. The fraction of sp³-hybridized carbons (Fsp3) is 0.435. The van der Waals surface area contributed by atoms with Gasteiger partial charge in [0.25, 0.3) is 0 Å². The van der Waals surface area contributed by atoms with Gasteiger partial charge in [0.15, 0.2) is 5.82 Å². The van der Waals surface area contributed by atoms with Gasteiger partial charge in [-0.1, -0.05) is 24.8 Å². The van der Waals surface area contributed by atoms with Gasteiger partial charge in [0.1, 0.15) is 5.82 Å². The third-order valence-corrected chi connectivity index (χ3v) is 5.96. The van der Waals surface area contributed by atoms with Crippen molar-refractivity contribution in [2.75, 3.05) is 37.7 Å². The summed E-state index contributed by atoms with van der Waals surface area (Å²) in [4.78, 5) is 18.8.